The third kappa shape index (κ3) is 2.54. The van der Waals surface area contributed by atoms with Crippen molar-refractivity contribution >= 4 is 28.9 Å². The first-order valence-electron chi connectivity index (χ1n) is 4.48. The zero-order valence-electron chi connectivity index (χ0n) is 8.13. The van der Waals surface area contributed by atoms with Crippen molar-refractivity contribution in [3.63, 3.8) is 0 Å². The zero-order chi connectivity index (χ0) is 11.4. The summed E-state index contributed by atoms with van der Waals surface area (Å²) in [5, 5.41) is 0. The molecule has 5 heteroatoms. The molecule has 1 aromatic carbocycles. The molecule has 1 aromatic heterocycles. The summed E-state index contributed by atoms with van der Waals surface area (Å²) in [5.41, 5.74) is 0.615. The van der Waals surface area contributed by atoms with Gasteiger partial charge < -0.3 is 4.74 Å². The molecule has 0 saturated carbocycles. The van der Waals surface area contributed by atoms with Gasteiger partial charge in [0.2, 0.25) is 5.88 Å². The third-order valence-electron chi connectivity index (χ3n) is 1.86. The standard InChI is InChI=1S/C11H7IN2O2/c12-10-5-13-7-14-11(10)16-9-3-1-8(6-15)2-4-9/h1-7H. The van der Waals surface area contributed by atoms with E-state index in [0.29, 0.717) is 17.2 Å². The smallest absolute Gasteiger partial charge is 0.235 e. The first-order valence-corrected chi connectivity index (χ1v) is 5.56. The van der Waals surface area contributed by atoms with Crippen LogP contribution in [0.5, 0.6) is 11.6 Å². The Kier molecular flexibility index (Phi) is 3.45. The molecular weight excluding hydrogens is 319 g/mol. The van der Waals surface area contributed by atoms with Crippen molar-refractivity contribution in [3.8, 4) is 11.6 Å². The van der Waals surface area contributed by atoms with Gasteiger partial charge in [-0.1, -0.05) is 0 Å². The number of rotatable bonds is 3. The number of ether oxygens (including phenoxy) is 1. The summed E-state index contributed by atoms with van der Waals surface area (Å²) in [6.07, 6.45) is 3.89. The molecule has 2 aromatic rings. The summed E-state index contributed by atoms with van der Waals surface area (Å²) in [5.74, 6) is 1.15. The number of carbonyl (C=O) groups is 1. The molecule has 0 atom stereocenters. The van der Waals surface area contributed by atoms with Crippen LogP contribution >= 0.6 is 22.6 Å². The van der Waals surface area contributed by atoms with E-state index in [1.807, 2.05) is 0 Å². The van der Waals surface area contributed by atoms with E-state index in [0.717, 1.165) is 9.86 Å². The molecule has 1 heterocycles. The summed E-state index contributed by atoms with van der Waals surface area (Å²) < 4.78 is 6.37. The fraction of sp³-hybridized carbons (Fsp3) is 0. The highest BCUT2D eigenvalue weighted by Gasteiger charge is 2.03. The minimum absolute atomic E-state index is 0.509. The molecule has 0 aliphatic carbocycles. The van der Waals surface area contributed by atoms with Crippen LogP contribution in [0.25, 0.3) is 0 Å². The second-order valence-corrected chi connectivity index (χ2v) is 4.13. The van der Waals surface area contributed by atoms with Gasteiger partial charge in [-0.2, -0.15) is 0 Å². The maximum absolute atomic E-state index is 10.5. The van der Waals surface area contributed by atoms with E-state index in [-0.39, 0.29) is 0 Å². The Morgan fingerprint density at radius 2 is 2.00 bits per heavy atom. The van der Waals surface area contributed by atoms with Crippen LogP contribution < -0.4 is 4.74 Å². The molecule has 16 heavy (non-hydrogen) atoms. The zero-order valence-corrected chi connectivity index (χ0v) is 10.3. The average molecular weight is 326 g/mol. The summed E-state index contributed by atoms with van der Waals surface area (Å²) in [6.45, 7) is 0. The molecule has 0 spiro atoms. The minimum atomic E-state index is 0.509. The number of carbonyl (C=O) groups excluding carboxylic acids is 1. The second kappa shape index (κ2) is 5.02. The van der Waals surface area contributed by atoms with Crippen molar-refractivity contribution < 1.29 is 9.53 Å². The Balaban J connectivity index is 2.21. The van der Waals surface area contributed by atoms with Gasteiger partial charge in [-0.3, -0.25) is 4.79 Å². The van der Waals surface area contributed by atoms with E-state index in [9.17, 15) is 4.79 Å². The number of aldehydes is 1. The largest absolute Gasteiger partial charge is 0.438 e. The van der Waals surface area contributed by atoms with Crippen LogP contribution in [0.3, 0.4) is 0 Å². The van der Waals surface area contributed by atoms with E-state index >= 15 is 0 Å². The van der Waals surface area contributed by atoms with Crippen LogP contribution in [-0.2, 0) is 0 Å². The van der Waals surface area contributed by atoms with Crippen LogP contribution in [0.1, 0.15) is 10.4 Å². The van der Waals surface area contributed by atoms with Crippen LogP contribution in [-0.4, -0.2) is 16.3 Å². The lowest BCUT2D eigenvalue weighted by molar-refractivity contribution is 0.112. The first-order chi connectivity index (χ1) is 7.79. The molecule has 2 rings (SSSR count). The molecule has 0 aliphatic heterocycles. The summed E-state index contributed by atoms with van der Waals surface area (Å²) in [7, 11) is 0. The molecule has 0 amide bonds. The second-order valence-electron chi connectivity index (χ2n) is 2.96. The van der Waals surface area contributed by atoms with Crippen molar-refractivity contribution in [3.05, 3.63) is 45.9 Å². The van der Waals surface area contributed by atoms with Gasteiger partial charge in [-0.05, 0) is 46.9 Å². The van der Waals surface area contributed by atoms with E-state index in [1.165, 1.54) is 6.33 Å². The Bertz CT molecular complexity index is 500. The molecule has 80 valence electrons. The number of aromatic nitrogens is 2. The fourth-order valence-corrected chi connectivity index (χ4v) is 1.51. The molecular formula is C11H7IN2O2. The van der Waals surface area contributed by atoms with Gasteiger partial charge in [0.05, 0.1) is 3.57 Å². The number of benzene rings is 1. The van der Waals surface area contributed by atoms with Gasteiger partial charge in [0, 0.05) is 11.8 Å². The Morgan fingerprint density at radius 3 is 2.62 bits per heavy atom. The molecule has 0 fully saturated rings. The first kappa shape index (κ1) is 11.0. The number of hydrogen-bond donors (Lipinski definition) is 0. The Morgan fingerprint density at radius 1 is 1.25 bits per heavy atom. The van der Waals surface area contributed by atoms with E-state index in [1.54, 1.807) is 30.5 Å². The van der Waals surface area contributed by atoms with Crippen LogP contribution in [0, 0.1) is 3.57 Å². The normalized spacial score (nSPS) is 9.81. The molecule has 0 N–H and O–H groups in total. The van der Waals surface area contributed by atoms with Gasteiger partial charge >= 0.3 is 0 Å². The van der Waals surface area contributed by atoms with E-state index in [4.69, 9.17) is 4.74 Å². The van der Waals surface area contributed by atoms with Crippen LogP contribution in [0.15, 0.2) is 36.8 Å². The highest BCUT2D eigenvalue weighted by Crippen LogP contribution is 2.23. The summed E-state index contributed by atoms with van der Waals surface area (Å²) >= 11 is 2.10. The fourth-order valence-electron chi connectivity index (χ4n) is 1.10. The lowest BCUT2D eigenvalue weighted by Gasteiger charge is -2.05. The average Bonchev–Trinajstić information content (AvgIpc) is 2.33. The molecule has 0 radical (unpaired) electrons. The summed E-state index contributed by atoms with van der Waals surface area (Å²) in [4.78, 5) is 18.3. The van der Waals surface area contributed by atoms with E-state index < -0.39 is 0 Å². The molecule has 4 nitrogen and oxygen atoms in total. The van der Waals surface area contributed by atoms with Crippen LogP contribution in [0.2, 0.25) is 0 Å². The summed E-state index contributed by atoms with van der Waals surface area (Å²) in [6, 6.07) is 6.83. The maximum Gasteiger partial charge on any atom is 0.235 e. The van der Waals surface area contributed by atoms with Crippen molar-refractivity contribution in [1.82, 2.24) is 9.97 Å². The number of hydrogen-bond acceptors (Lipinski definition) is 4. The predicted molar refractivity (Wildman–Crippen MR) is 66.7 cm³/mol. The Labute approximate surface area is 106 Å². The van der Waals surface area contributed by atoms with E-state index in [2.05, 4.69) is 32.6 Å². The molecule has 0 unspecified atom stereocenters. The van der Waals surface area contributed by atoms with Crippen molar-refractivity contribution in [2.75, 3.05) is 0 Å². The lowest BCUT2D eigenvalue weighted by atomic mass is 10.2. The highest BCUT2D eigenvalue weighted by molar-refractivity contribution is 14.1. The quantitative estimate of drug-likeness (QED) is 0.643. The molecule has 0 bridgehead atoms. The van der Waals surface area contributed by atoms with Gasteiger partial charge in [0.25, 0.3) is 0 Å². The maximum atomic E-state index is 10.5. The van der Waals surface area contributed by atoms with Crippen LogP contribution in [0.4, 0.5) is 0 Å². The van der Waals surface area contributed by atoms with Gasteiger partial charge in [0.1, 0.15) is 18.4 Å². The topological polar surface area (TPSA) is 52.1 Å². The molecule has 0 aliphatic rings. The SMILES string of the molecule is O=Cc1ccc(Oc2ncncc2I)cc1. The molecule has 0 saturated heterocycles. The van der Waals surface area contributed by atoms with Gasteiger partial charge in [0.15, 0.2) is 0 Å². The lowest BCUT2D eigenvalue weighted by Crippen LogP contribution is -1.92. The Hall–Kier alpha value is -1.50. The third-order valence-corrected chi connectivity index (χ3v) is 2.60. The van der Waals surface area contributed by atoms with Crippen molar-refractivity contribution in [2.45, 2.75) is 0 Å². The van der Waals surface area contributed by atoms with Gasteiger partial charge in [-0.15, -0.1) is 0 Å². The van der Waals surface area contributed by atoms with Crippen molar-refractivity contribution in [2.24, 2.45) is 0 Å². The van der Waals surface area contributed by atoms with Gasteiger partial charge in [-0.25, -0.2) is 9.97 Å². The predicted octanol–water partition coefficient (Wildman–Crippen LogP) is 2.69. The van der Waals surface area contributed by atoms with Crippen molar-refractivity contribution in [1.29, 1.82) is 0 Å². The monoisotopic (exact) mass is 326 g/mol. The highest BCUT2D eigenvalue weighted by atomic mass is 127. The minimum Gasteiger partial charge on any atom is -0.438 e. The number of halogens is 1. The number of nitrogens with zero attached hydrogens (tertiary/aromatic N) is 2.